The van der Waals surface area contributed by atoms with E-state index in [1.807, 2.05) is 6.92 Å². The molecule has 0 spiro atoms. The van der Waals surface area contributed by atoms with Gasteiger partial charge in [-0.15, -0.1) is 0 Å². The Balaban J connectivity index is 2.40. The smallest absolute Gasteiger partial charge is 0.327 e. The van der Waals surface area contributed by atoms with Crippen molar-refractivity contribution < 1.29 is 27.4 Å². The predicted molar refractivity (Wildman–Crippen MR) is 83.7 cm³/mol. The van der Waals surface area contributed by atoms with E-state index in [0.29, 0.717) is 0 Å². The summed E-state index contributed by atoms with van der Waals surface area (Å²) in [6, 6.07) is 6.34. The topological polar surface area (TPSA) is 78.9 Å². The van der Waals surface area contributed by atoms with E-state index in [0.717, 1.165) is 5.56 Å². The van der Waals surface area contributed by atoms with E-state index in [-0.39, 0.29) is 18.1 Å². The molecule has 1 saturated heterocycles. The van der Waals surface area contributed by atoms with Crippen LogP contribution >= 0.6 is 0 Å². The Morgan fingerprint density at radius 1 is 1.35 bits per heavy atom. The highest BCUT2D eigenvalue weighted by Gasteiger charge is 2.48. The van der Waals surface area contributed by atoms with Crippen LogP contribution in [-0.2, 0) is 28.8 Å². The molecule has 1 aromatic carbocycles. The molecule has 7 heteroatoms. The minimum absolute atomic E-state index is 0.0154. The molecule has 1 fully saturated rings. The fraction of sp³-hybridized carbons (Fsp3) is 0.562. The zero-order valence-corrected chi connectivity index (χ0v) is 14.6. The van der Waals surface area contributed by atoms with Crippen LogP contribution in [0, 0.1) is 6.92 Å². The monoisotopic (exact) mass is 342 g/mol. The number of carbonyl (C=O) groups is 1. The Labute approximate surface area is 136 Å². The van der Waals surface area contributed by atoms with Crippen LogP contribution in [0.5, 0.6) is 0 Å². The molecule has 0 aromatic heterocycles. The molecule has 1 aliphatic heterocycles. The number of aryl methyl sites for hydroxylation is 1. The second kappa shape index (κ2) is 6.59. The number of ether oxygens (including phenoxy) is 3. The third kappa shape index (κ3) is 3.91. The summed E-state index contributed by atoms with van der Waals surface area (Å²) in [7, 11) is -3.95. The van der Waals surface area contributed by atoms with Crippen molar-refractivity contribution >= 4 is 15.8 Å². The first-order valence-electron chi connectivity index (χ1n) is 7.46. The average molecular weight is 342 g/mol. The SMILES string of the molecule is CCOC(=O)C(C1COC(C)(C)O1)S(=O)(=O)c1ccc(C)cc1. The zero-order valence-electron chi connectivity index (χ0n) is 13.7. The highest BCUT2D eigenvalue weighted by Crippen LogP contribution is 2.30. The Kier molecular flexibility index (Phi) is 5.13. The first-order chi connectivity index (χ1) is 10.7. The molecular weight excluding hydrogens is 320 g/mol. The molecule has 2 rings (SSSR count). The maximum atomic E-state index is 12.9. The van der Waals surface area contributed by atoms with Crippen LogP contribution in [0.2, 0.25) is 0 Å². The molecule has 128 valence electrons. The Morgan fingerprint density at radius 3 is 2.43 bits per heavy atom. The number of rotatable bonds is 5. The Hall–Kier alpha value is -1.44. The van der Waals surface area contributed by atoms with Crippen LogP contribution in [0.25, 0.3) is 0 Å². The summed E-state index contributed by atoms with van der Waals surface area (Å²) in [5, 5.41) is -1.45. The quantitative estimate of drug-likeness (QED) is 0.760. The summed E-state index contributed by atoms with van der Waals surface area (Å²) < 4.78 is 41.8. The van der Waals surface area contributed by atoms with Gasteiger partial charge in [0.1, 0.15) is 6.10 Å². The summed E-state index contributed by atoms with van der Waals surface area (Å²) in [5.74, 6) is -1.75. The fourth-order valence-electron chi connectivity index (χ4n) is 2.44. The van der Waals surface area contributed by atoms with Gasteiger partial charge in [0.05, 0.1) is 18.1 Å². The lowest BCUT2D eigenvalue weighted by Gasteiger charge is -2.23. The van der Waals surface area contributed by atoms with Gasteiger partial charge in [0.15, 0.2) is 20.9 Å². The number of benzene rings is 1. The second-order valence-corrected chi connectivity index (χ2v) is 7.97. The lowest BCUT2D eigenvalue weighted by atomic mass is 10.2. The number of hydrogen-bond donors (Lipinski definition) is 0. The van der Waals surface area contributed by atoms with Gasteiger partial charge in [-0.1, -0.05) is 17.7 Å². The minimum atomic E-state index is -3.95. The van der Waals surface area contributed by atoms with Gasteiger partial charge >= 0.3 is 5.97 Å². The van der Waals surface area contributed by atoms with Crippen molar-refractivity contribution in [3.8, 4) is 0 Å². The van der Waals surface area contributed by atoms with Crippen molar-refractivity contribution in [3.63, 3.8) is 0 Å². The van der Waals surface area contributed by atoms with E-state index in [1.165, 1.54) is 12.1 Å². The minimum Gasteiger partial charge on any atom is -0.465 e. The first-order valence-corrected chi connectivity index (χ1v) is 9.01. The molecule has 0 bridgehead atoms. The van der Waals surface area contributed by atoms with E-state index in [2.05, 4.69) is 0 Å². The summed E-state index contributed by atoms with van der Waals surface area (Å²) in [4.78, 5) is 12.4. The van der Waals surface area contributed by atoms with E-state index >= 15 is 0 Å². The number of sulfone groups is 1. The zero-order chi connectivity index (χ0) is 17.3. The van der Waals surface area contributed by atoms with Gasteiger partial charge in [-0.25, -0.2) is 8.42 Å². The van der Waals surface area contributed by atoms with E-state index < -0.39 is 32.9 Å². The van der Waals surface area contributed by atoms with Crippen molar-refractivity contribution in [2.45, 2.75) is 49.7 Å². The molecule has 0 amide bonds. The predicted octanol–water partition coefficient (Wildman–Crippen LogP) is 1.85. The molecule has 6 nitrogen and oxygen atoms in total. The van der Waals surface area contributed by atoms with Gasteiger partial charge in [-0.05, 0) is 39.8 Å². The molecule has 23 heavy (non-hydrogen) atoms. The molecule has 0 radical (unpaired) electrons. The van der Waals surface area contributed by atoms with E-state index in [9.17, 15) is 13.2 Å². The summed E-state index contributed by atoms with van der Waals surface area (Å²) in [6.07, 6.45) is -0.907. The van der Waals surface area contributed by atoms with Gasteiger partial charge in [0.25, 0.3) is 0 Å². The number of hydrogen-bond acceptors (Lipinski definition) is 6. The fourth-order valence-corrected chi connectivity index (χ4v) is 4.11. The third-order valence-electron chi connectivity index (χ3n) is 3.57. The van der Waals surface area contributed by atoms with Crippen LogP contribution < -0.4 is 0 Å². The largest absolute Gasteiger partial charge is 0.465 e. The highest BCUT2D eigenvalue weighted by molar-refractivity contribution is 7.92. The number of carbonyl (C=O) groups excluding carboxylic acids is 1. The molecule has 1 aromatic rings. The van der Waals surface area contributed by atoms with Gasteiger partial charge in [0, 0.05) is 0 Å². The summed E-state index contributed by atoms with van der Waals surface area (Å²) in [5.41, 5.74) is 0.929. The molecule has 1 aliphatic rings. The highest BCUT2D eigenvalue weighted by atomic mass is 32.2. The molecular formula is C16H22O6S. The lowest BCUT2D eigenvalue weighted by molar-refractivity contribution is -0.152. The van der Waals surface area contributed by atoms with Gasteiger partial charge in [-0.3, -0.25) is 4.79 Å². The standard InChI is InChI=1S/C16H22O6S/c1-5-20-15(17)14(13-10-21-16(3,4)22-13)23(18,19)12-8-6-11(2)7-9-12/h6-9,13-14H,5,10H2,1-4H3. The molecule has 0 aliphatic carbocycles. The average Bonchev–Trinajstić information content (AvgIpc) is 2.79. The molecule has 0 N–H and O–H groups in total. The van der Waals surface area contributed by atoms with Crippen LogP contribution in [0.15, 0.2) is 29.2 Å². The summed E-state index contributed by atoms with van der Waals surface area (Å²) >= 11 is 0. The van der Waals surface area contributed by atoms with Crippen molar-refractivity contribution in [2.75, 3.05) is 13.2 Å². The molecule has 2 unspecified atom stereocenters. The maximum Gasteiger partial charge on any atom is 0.327 e. The van der Waals surface area contributed by atoms with Gasteiger partial charge in [-0.2, -0.15) is 0 Å². The van der Waals surface area contributed by atoms with Crippen molar-refractivity contribution in [3.05, 3.63) is 29.8 Å². The van der Waals surface area contributed by atoms with Crippen LogP contribution in [0.1, 0.15) is 26.3 Å². The van der Waals surface area contributed by atoms with Crippen molar-refractivity contribution in [1.82, 2.24) is 0 Å². The van der Waals surface area contributed by atoms with E-state index in [4.69, 9.17) is 14.2 Å². The molecule has 2 atom stereocenters. The first kappa shape index (κ1) is 17.9. The van der Waals surface area contributed by atoms with Gasteiger partial charge < -0.3 is 14.2 Å². The van der Waals surface area contributed by atoms with E-state index in [1.54, 1.807) is 32.9 Å². The summed E-state index contributed by atoms with van der Waals surface area (Å²) in [6.45, 7) is 6.94. The van der Waals surface area contributed by atoms with Crippen molar-refractivity contribution in [1.29, 1.82) is 0 Å². The number of esters is 1. The third-order valence-corrected chi connectivity index (χ3v) is 5.66. The van der Waals surface area contributed by atoms with Crippen LogP contribution in [0.4, 0.5) is 0 Å². The normalized spacial score (nSPS) is 21.8. The van der Waals surface area contributed by atoms with Crippen LogP contribution in [0.3, 0.4) is 0 Å². The Morgan fingerprint density at radius 2 is 1.96 bits per heavy atom. The molecule has 0 saturated carbocycles. The molecule has 1 heterocycles. The van der Waals surface area contributed by atoms with Gasteiger partial charge in [0.2, 0.25) is 0 Å². The second-order valence-electron chi connectivity index (χ2n) is 5.90. The lowest BCUT2D eigenvalue weighted by Crippen LogP contribution is -2.44. The van der Waals surface area contributed by atoms with Crippen LogP contribution in [-0.4, -0.2) is 44.7 Å². The Bertz CT molecular complexity index is 662. The van der Waals surface area contributed by atoms with Crippen molar-refractivity contribution in [2.24, 2.45) is 0 Å². The maximum absolute atomic E-state index is 12.9.